The largest absolute Gasteiger partial charge is 0.418 e. The Hall–Kier alpha value is -2.14. The average molecular weight is 344 g/mol. The van der Waals surface area contributed by atoms with Crippen molar-refractivity contribution in [1.82, 2.24) is 9.88 Å². The third-order valence-corrected chi connectivity index (χ3v) is 5.25. The van der Waals surface area contributed by atoms with Gasteiger partial charge in [0.1, 0.15) is 6.07 Å². The Labute approximate surface area is 142 Å². The molecule has 3 aromatic heterocycles. The average Bonchev–Trinajstić information content (AvgIpc) is 3.28. The molecular formula is C16H16N4OS2. The van der Waals surface area contributed by atoms with E-state index >= 15 is 0 Å². The highest BCUT2D eigenvalue weighted by Crippen LogP contribution is 2.30. The first-order chi connectivity index (χ1) is 11.2. The highest BCUT2D eigenvalue weighted by molar-refractivity contribution is 7.13. The van der Waals surface area contributed by atoms with Crippen molar-refractivity contribution in [3.8, 4) is 16.8 Å². The smallest absolute Gasteiger partial charge is 0.240 e. The van der Waals surface area contributed by atoms with Crippen LogP contribution in [0.4, 0.5) is 5.88 Å². The van der Waals surface area contributed by atoms with E-state index in [1.165, 1.54) is 16.2 Å². The van der Waals surface area contributed by atoms with Gasteiger partial charge >= 0.3 is 0 Å². The standard InChI is InChI=1S/C16H16N4OS2/c1-20(2)12(13-5-3-7-22-13)10-18-15-11(9-17)19-16(21-15)14-6-4-8-23-14/h3-8,12,18H,10H2,1-2H3. The van der Waals surface area contributed by atoms with Crippen LogP contribution in [0, 0.1) is 11.3 Å². The van der Waals surface area contributed by atoms with Crippen molar-refractivity contribution in [2.24, 2.45) is 0 Å². The van der Waals surface area contributed by atoms with Gasteiger partial charge in [0, 0.05) is 11.4 Å². The summed E-state index contributed by atoms with van der Waals surface area (Å²) in [5.41, 5.74) is 0.289. The fourth-order valence-electron chi connectivity index (χ4n) is 2.23. The molecule has 0 bridgehead atoms. The van der Waals surface area contributed by atoms with Crippen LogP contribution < -0.4 is 5.32 Å². The van der Waals surface area contributed by atoms with E-state index in [1.54, 1.807) is 11.3 Å². The minimum absolute atomic E-state index is 0.205. The van der Waals surface area contributed by atoms with Crippen molar-refractivity contribution in [2.45, 2.75) is 6.04 Å². The van der Waals surface area contributed by atoms with Gasteiger partial charge in [0.25, 0.3) is 0 Å². The molecule has 0 spiro atoms. The quantitative estimate of drug-likeness (QED) is 0.731. The van der Waals surface area contributed by atoms with E-state index in [-0.39, 0.29) is 11.7 Å². The Morgan fingerprint density at radius 3 is 2.70 bits per heavy atom. The second-order valence-electron chi connectivity index (χ2n) is 5.16. The Morgan fingerprint density at radius 1 is 1.30 bits per heavy atom. The fourth-order valence-corrected chi connectivity index (χ4v) is 3.80. The molecule has 0 radical (unpaired) electrons. The van der Waals surface area contributed by atoms with E-state index in [4.69, 9.17) is 4.42 Å². The molecule has 3 heterocycles. The van der Waals surface area contributed by atoms with Crippen LogP contribution in [-0.4, -0.2) is 30.5 Å². The SMILES string of the molecule is CN(C)C(CNc1oc(-c2cccs2)nc1C#N)c1cccs1. The first-order valence-electron chi connectivity index (χ1n) is 7.07. The number of nitrogens with one attached hydrogen (secondary N) is 1. The minimum atomic E-state index is 0.205. The summed E-state index contributed by atoms with van der Waals surface area (Å²) in [6, 6.07) is 10.3. The molecule has 5 nitrogen and oxygen atoms in total. The van der Waals surface area contributed by atoms with Crippen LogP contribution in [0.3, 0.4) is 0 Å². The Morgan fingerprint density at radius 2 is 2.09 bits per heavy atom. The molecule has 3 aromatic rings. The van der Waals surface area contributed by atoms with Crippen LogP contribution in [0.2, 0.25) is 0 Å². The highest BCUT2D eigenvalue weighted by atomic mass is 32.1. The minimum Gasteiger partial charge on any atom is -0.418 e. The van der Waals surface area contributed by atoms with Crippen molar-refractivity contribution in [3.05, 3.63) is 45.6 Å². The van der Waals surface area contributed by atoms with Gasteiger partial charge in [-0.2, -0.15) is 10.2 Å². The number of thiophene rings is 2. The Balaban J connectivity index is 1.78. The lowest BCUT2D eigenvalue weighted by Crippen LogP contribution is -2.26. The van der Waals surface area contributed by atoms with Crippen LogP contribution in [0.1, 0.15) is 16.6 Å². The molecule has 0 aliphatic carbocycles. The lowest BCUT2D eigenvalue weighted by atomic mass is 10.2. The van der Waals surface area contributed by atoms with E-state index < -0.39 is 0 Å². The number of oxazole rings is 1. The van der Waals surface area contributed by atoms with Crippen molar-refractivity contribution in [3.63, 3.8) is 0 Å². The first-order valence-corrected chi connectivity index (χ1v) is 8.83. The molecule has 0 aliphatic heterocycles. The Bertz CT molecular complexity index is 785. The summed E-state index contributed by atoms with van der Waals surface area (Å²) in [5, 5.41) is 16.5. The molecule has 1 N–H and O–H groups in total. The summed E-state index contributed by atoms with van der Waals surface area (Å²) in [7, 11) is 4.07. The number of aromatic nitrogens is 1. The molecular weight excluding hydrogens is 328 g/mol. The van der Waals surface area contributed by atoms with Gasteiger partial charge in [-0.1, -0.05) is 12.1 Å². The van der Waals surface area contributed by atoms with Gasteiger partial charge in [-0.15, -0.1) is 22.7 Å². The van der Waals surface area contributed by atoms with E-state index in [2.05, 4.69) is 32.7 Å². The van der Waals surface area contributed by atoms with E-state index in [0.717, 1.165) is 4.88 Å². The number of anilines is 1. The van der Waals surface area contributed by atoms with Gasteiger partial charge in [0.05, 0.1) is 10.9 Å². The van der Waals surface area contributed by atoms with Crippen LogP contribution in [-0.2, 0) is 0 Å². The lowest BCUT2D eigenvalue weighted by molar-refractivity contribution is 0.315. The number of rotatable bonds is 6. The third kappa shape index (κ3) is 3.45. The van der Waals surface area contributed by atoms with Gasteiger partial charge in [0.2, 0.25) is 17.5 Å². The monoisotopic (exact) mass is 344 g/mol. The topological polar surface area (TPSA) is 65.1 Å². The zero-order valence-electron chi connectivity index (χ0n) is 12.8. The van der Waals surface area contributed by atoms with Gasteiger partial charge < -0.3 is 14.6 Å². The third-order valence-electron chi connectivity index (χ3n) is 3.42. The van der Waals surface area contributed by atoms with E-state index in [9.17, 15) is 5.26 Å². The molecule has 23 heavy (non-hydrogen) atoms. The molecule has 1 unspecified atom stereocenters. The molecule has 0 amide bonds. The predicted octanol–water partition coefficient (Wildman–Crippen LogP) is 4.05. The number of hydrogen-bond acceptors (Lipinski definition) is 7. The van der Waals surface area contributed by atoms with Crippen molar-refractivity contribution in [2.75, 3.05) is 26.0 Å². The molecule has 0 saturated carbocycles. The van der Waals surface area contributed by atoms with E-state index in [0.29, 0.717) is 18.3 Å². The molecule has 0 fully saturated rings. The summed E-state index contributed by atoms with van der Waals surface area (Å²) in [6.45, 7) is 0.640. The predicted molar refractivity (Wildman–Crippen MR) is 93.8 cm³/mol. The van der Waals surface area contributed by atoms with Gasteiger partial charge in [-0.3, -0.25) is 0 Å². The molecule has 7 heteroatoms. The number of nitrogens with zero attached hydrogens (tertiary/aromatic N) is 3. The van der Waals surface area contributed by atoms with Crippen molar-refractivity contribution < 1.29 is 4.42 Å². The summed E-state index contributed by atoms with van der Waals surface area (Å²) < 4.78 is 5.75. The lowest BCUT2D eigenvalue weighted by Gasteiger charge is -2.23. The molecule has 3 rings (SSSR count). The van der Waals surface area contributed by atoms with Crippen LogP contribution in [0.25, 0.3) is 10.8 Å². The number of hydrogen-bond donors (Lipinski definition) is 1. The molecule has 118 valence electrons. The summed E-state index contributed by atoms with van der Waals surface area (Å²) in [4.78, 5) is 8.58. The Kier molecular flexibility index (Phi) is 4.76. The second kappa shape index (κ2) is 6.96. The maximum absolute atomic E-state index is 9.27. The molecule has 0 saturated heterocycles. The van der Waals surface area contributed by atoms with Crippen LogP contribution >= 0.6 is 22.7 Å². The van der Waals surface area contributed by atoms with Gasteiger partial charge in [-0.25, -0.2) is 0 Å². The second-order valence-corrected chi connectivity index (χ2v) is 7.09. The molecule has 1 atom stereocenters. The molecule has 0 aliphatic rings. The zero-order chi connectivity index (χ0) is 16.2. The summed E-state index contributed by atoms with van der Waals surface area (Å²) in [5.74, 6) is 0.913. The van der Waals surface area contributed by atoms with Crippen molar-refractivity contribution in [1.29, 1.82) is 5.26 Å². The summed E-state index contributed by atoms with van der Waals surface area (Å²) in [6.07, 6.45) is 0. The fraction of sp³-hybridized carbons (Fsp3) is 0.250. The maximum atomic E-state index is 9.27. The molecule has 0 aromatic carbocycles. The van der Waals surface area contributed by atoms with Crippen molar-refractivity contribution >= 4 is 28.6 Å². The van der Waals surface area contributed by atoms with Crippen LogP contribution in [0.15, 0.2) is 39.4 Å². The van der Waals surface area contributed by atoms with Gasteiger partial charge in [0.15, 0.2) is 0 Å². The summed E-state index contributed by atoms with van der Waals surface area (Å²) >= 11 is 3.25. The zero-order valence-corrected chi connectivity index (χ0v) is 14.4. The van der Waals surface area contributed by atoms with Gasteiger partial charge in [-0.05, 0) is 37.0 Å². The number of nitriles is 1. The first kappa shape index (κ1) is 15.7. The number of likely N-dealkylation sites (N-methyl/N-ethyl adjacent to an activating group) is 1. The van der Waals surface area contributed by atoms with Crippen LogP contribution in [0.5, 0.6) is 0 Å². The maximum Gasteiger partial charge on any atom is 0.240 e. The highest BCUT2D eigenvalue weighted by Gasteiger charge is 2.19. The van der Waals surface area contributed by atoms with E-state index in [1.807, 2.05) is 37.7 Å². The normalized spacial score (nSPS) is 12.3.